The van der Waals surface area contributed by atoms with E-state index in [0.29, 0.717) is 13.2 Å². The summed E-state index contributed by atoms with van der Waals surface area (Å²) in [7, 11) is 0. The van der Waals surface area contributed by atoms with E-state index in [2.05, 4.69) is 32.9 Å². The van der Waals surface area contributed by atoms with Gasteiger partial charge in [0.05, 0.1) is 25.6 Å². The van der Waals surface area contributed by atoms with Crippen molar-refractivity contribution in [1.82, 2.24) is 0 Å². The smallest absolute Gasteiger partial charge is 0.309 e. The molecule has 0 saturated heterocycles. The van der Waals surface area contributed by atoms with E-state index in [1.54, 1.807) is 0 Å². The van der Waals surface area contributed by atoms with Crippen molar-refractivity contribution in [2.24, 2.45) is 5.92 Å². The van der Waals surface area contributed by atoms with Gasteiger partial charge < -0.3 is 9.47 Å². The number of esters is 2. The topological polar surface area (TPSA) is 52.6 Å². The first-order valence-corrected chi connectivity index (χ1v) is 24.6. The maximum Gasteiger partial charge on any atom is 0.309 e. The Kier molecular flexibility index (Phi) is 44.9. The Labute approximate surface area is 338 Å². The number of ether oxygens (including phenoxy) is 2. The Morgan fingerprint density at radius 2 is 0.667 bits per heavy atom. The van der Waals surface area contributed by atoms with Crippen molar-refractivity contribution in [3.63, 3.8) is 0 Å². The van der Waals surface area contributed by atoms with Crippen molar-refractivity contribution in [1.29, 1.82) is 0 Å². The predicted molar refractivity (Wildman–Crippen MR) is 236 cm³/mol. The van der Waals surface area contributed by atoms with Crippen molar-refractivity contribution < 1.29 is 19.1 Å². The number of rotatable bonds is 45. The fourth-order valence-electron chi connectivity index (χ4n) is 7.56. The number of hydrogen-bond donors (Lipinski definition) is 0. The number of carbonyl (C=O) groups is 2. The molecule has 0 N–H and O–H groups in total. The van der Waals surface area contributed by atoms with E-state index in [1.807, 2.05) is 0 Å². The molecule has 0 spiro atoms. The molecule has 0 aromatic carbocycles. The third kappa shape index (κ3) is 41.8. The Bertz CT molecular complexity index is 777. The summed E-state index contributed by atoms with van der Waals surface area (Å²) < 4.78 is 11.4. The highest BCUT2D eigenvalue weighted by atomic mass is 16.5. The second-order valence-corrected chi connectivity index (χ2v) is 16.8. The zero-order chi connectivity index (χ0) is 39.3. The van der Waals surface area contributed by atoms with E-state index in [1.165, 1.54) is 205 Å². The molecule has 1 unspecified atom stereocenters. The quantitative estimate of drug-likeness (QED) is 0.0352. The van der Waals surface area contributed by atoms with Crippen LogP contribution in [0, 0.1) is 5.92 Å². The molecule has 4 heteroatoms. The maximum atomic E-state index is 13.1. The van der Waals surface area contributed by atoms with Crippen molar-refractivity contribution in [2.45, 2.75) is 278 Å². The lowest BCUT2D eigenvalue weighted by Crippen LogP contribution is -2.23. The van der Waals surface area contributed by atoms with Gasteiger partial charge in [-0.3, -0.25) is 9.59 Å². The molecule has 1 atom stereocenters. The maximum absolute atomic E-state index is 13.1. The largest absolute Gasteiger partial charge is 0.466 e. The van der Waals surface area contributed by atoms with Gasteiger partial charge in [-0.05, 0) is 44.9 Å². The molecule has 0 aliphatic carbocycles. The first-order chi connectivity index (χ1) is 26.7. The molecular formula is C50H96O4. The molecule has 0 aliphatic rings. The van der Waals surface area contributed by atoms with Crippen molar-refractivity contribution >= 4 is 11.9 Å². The molecule has 0 radical (unpaired) electrons. The van der Waals surface area contributed by atoms with Crippen LogP contribution in [0.4, 0.5) is 0 Å². The highest BCUT2D eigenvalue weighted by Gasteiger charge is 2.24. The summed E-state index contributed by atoms with van der Waals surface area (Å²) in [5, 5.41) is 0. The third-order valence-electron chi connectivity index (χ3n) is 11.3. The van der Waals surface area contributed by atoms with Gasteiger partial charge >= 0.3 is 11.9 Å². The fraction of sp³-hybridized carbons (Fsp3) is 0.920. The van der Waals surface area contributed by atoms with Crippen molar-refractivity contribution in [3.8, 4) is 0 Å². The molecule has 0 aliphatic heterocycles. The zero-order valence-electron chi connectivity index (χ0n) is 37.1. The average molecular weight is 761 g/mol. The summed E-state index contributed by atoms with van der Waals surface area (Å²) in [4.78, 5) is 25.9. The molecule has 0 rings (SSSR count). The zero-order valence-corrected chi connectivity index (χ0v) is 37.1. The summed E-state index contributed by atoms with van der Waals surface area (Å²) in [5.41, 5.74) is 0. The molecule has 0 aromatic rings. The highest BCUT2D eigenvalue weighted by Crippen LogP contribution is 2.20. The number of carbonyl (C=O) groups excluding carboxylic acids is 2. The number of allylic oxidation sites excluding steroid dienone is 2. The molecule has 0 bridgehead atoms. The second-order valence-electron chi connectivity index (χ2n) is 16.8. The van der Waals surface area contributed by atoms with Crippen LogP contribution in [0.3, 0.4) is 0 Å². The summed E-state index contributed by atoms with van der Waals surface area (Å²) in [6, 6.07) is 0. The van der Waals surface area contributed by atoms with Crippen LogP contribution in [-0.4, -0.2) is 25.2 Å². The summed E-state index contributed by atoms with van der Waals surface area (Å²) in [5.74, 6) is -0.778. The van der Waals surface area contributed by atoms with Gasteiger partial charge in [0.25, 0.3) is 0 Å². The summed E-state index contributed by atoms with van der Waals surface area (Å²) in [6.45, 7) is 7.78. The Balaban J connectivity index is 4.22. The normalized spacial score (nSPS) is 12.1. The first kappa shape index (κ1) is 52.7. The van der Waals surface area contributed by atoms with Crippen molar-refractivity contribution in [2.75, 3.05) is 13.2 Å². The summed E-state index contributed by atoms with van der Waals surface area (Å²) >= 11 is 0. The van der Waals surface area contributed by atoms with Crippen LogP contribution in [-0.2, 0) is 19.1 Å². The molecule has 0 saturated carbocycles. The van der Waals surface area contributed by atoms with Crippen LogP contribution in [0.15, 0.2) is 12.2 Å². The molecular weight excluding hydrogens is 665 g/mol. The minimum Gasteiger partial charge on any atom is -0.466 e. The SMILES string of the molecule is CCCCCCCCC/C=C/CCCCCCCCCC(CC(=O)OCCCCCCCCCCCCC)C(=O)OCCCCCCCCCCCCC. The van der Waals surface area contributed by atoms with Gasteiger partial charge in [-0.2, -0.15) is 0 Å². The van der Waals surface area contributed by atoms with Gasteiger partial charge in [0, 0.05) is 0 Å². The lowest BCUT2D eigenvalue weighted by atomic mass is 9.97. The van der Waals surface area contributed by atoms with E-state index in [9.17, 15) is 9.59 Å². The molecule has 320 valence electrons. The van der Waals surface area contributed by atoms with E-state index in [0.717, 1.165) is 44.9 Å². The molecule has 0 aromatic heterocycles. The third-order valence-corrected chi connectivity index (χ3v) is 11.3. The van der Waals surface area contributed by atoms with E-state index >= 15 is 0 Å². The average Bonchev–Trinajstić information content (AvgIpc) is 3.17. The predicted octanol–water partition coefficient (Wildman–Crippen LogP) is 16.9. The number of hydrogen-bond acceptors (Lipinski definition) is 4. The fourth-order valence-corrected chi connectivity index (χ4v) is 7.56. The molecule has 0 amide bonds. The van der Waals surface area contributed by atoms with Crippen LogP contribution < -0.4 is 0 Å². The first-order valence-electron chi connectivity index (χ1n) is 24.6. The molecule has 54 heavy (non-hydrogen) atoms. The minimum absolute atomic E-state index is 0.168. The second kappa shape index (κ2) is 46.1. The van der Waals surface area contributed by atoms with Gasteiger partial charge in [0.2, 0.25) is 0 Å². The molecule has 4 nitrogen and oxygen atoms in total. The Hall–Kier alpha value is -1.32. The number of unbranched alkanes of at least 4 members (excludes halogenated alkanes) is 34. The molecule has 0 heterocycles. The van der Waals surface area contributed by atoms with Crippen LogP contribution in [0.5, 0.6) is 0 Å². The van der Waals surface area contributed by atoms with Gasteiger partial charge in [-0.25, -0.2) is 0 Å². The van der Waals surface area contributed by atoms with Crippen molar-refractivity contribution in [3.05, 3.63) is 12.2 Å². The highest BCUT2D eigenvalue weighted by molar-refractivity contribution is 5.79. The van der Waals surface area contributed by atoms with Crippen LogP contribution in [0.1, 0.15) is 278 Å². The van der Waals surface area contributed by atoms with E-state index in [4.69, 9.17) is 9.47 Å². The molecule has 0 fully saturated rings. The minimum atomic E-state index is -0.365. The van der Waals surface area contributed by atoms with Crippen LogP contribution in [0.25, 0.3) is 0 Å². The Morgan fingerprint density at radius 3 is 1.04 bits per heavy atom. The van der Waals surface area contributed by atoms with Gasteiger partial charge in [0.15, 0.2) is 0 Å². The van der Waals surface area contributed by atoms with Gasteiger partial charge in [0.1, 0.15) is 0 Å². The summed E-state index contributed by atoms with van der Waals surface area (Å²) in [6.07, 6.45) is 54.4. The standard InChI is InChI=1S/C50H96O4/c1-4-7-10-13-16-19-22-23-24-25-26-27-28-29-32-35-38-41-44-48(50(52)54-46-43-40-37-34-31-21-18-15-12-9-6-3)47-49(51)53-45-42-39-36-33-30-20-17-14-11-8-5-2/h24-25,48H,4-23,26-47H2,1-3H3/b25-24+. The van der Waals surface area contributed by atoms with Gasteiger partial charge in [-0.15, -0.1) is 0 Å². The van der Waals surface area contributed by atoms with E-state index < -0.39 is 0 Å². The van der Waals surface area contributed by atoms with Gasteiger partial charge in [-0.1, -0.05) is 238 Å². The lowest BCUT2D eigenvalue weighted by molar-refractivity contribution is -0.155. The lowest BCUT2D eigenvalue weighted by Gasteiger charge is -2.16. The van der Waals surface area contributed by atoms with E-state index in [-0.39, 0.29) is 24.3 Å². The van der Waals surface area contributed by atoms with Crippen LogP contribution >= 0.6 is 0 Å². The Morgan fingerprint density at radius 1 is 0.370 bits per heavy atom. The monoisotopic (exact) mass is 761 g/mol. The van der Waals surface area contributed by atoms with Crippen LogP contribution in [0.2, 0.25) is 0 Å².